The molecule has 0 N–H and O–H groups in total. The van der Waals surface area contributed by atoms with Gasteiger partial charge in [0, 0.05) is 0 Å². The molecular formula is C11H25O3P. The van der Waals surface area contributed by atoms with Crippen LogP contribution in [0, 0.1) is 0 Å². The molecule has 0 spiro atoms. The first-order chi connectivity index (χ1) is 6.89. The standard InChI is InChI=1S/C11H25O3P/c1-6-7-8-9-15(12,13-10(2)3)14-11(4)5/h10-11H,6-9H2,1-5H3. The quantitative estimate of drug-likeness (QED) is 0.467. The van der Waals surface area contributed by atoms with Crippen LogP contribution in [0.2, 0.25) is 0 Å². The Balaban J connectivity index is 4.21. The van der Waals surface area contributed by atoms with Crippen molar-refractivity contribution in [2.45, 2.75) is 66.1 Å². The molecule has 92 valence electrons. The van der Waals surface area contributed by atoms with Crippen LogP contribution < -0.4 is 0 Å². The van der Waals surface area contributed by atoms with E-state index in [9.17, 15) is 4.57 Å². The minimum absolute atomic E-state index is 0.0452. The molecule has 15 heavy (non-hydrogen) atoms. The normalized spacial score (nSPS) is 12.7. The van der Waals surface area contributed by atoms with Crippen molar-refractivity contribution in [1.82, 2.24) is 0 Å². The SMILES string of the molecule is CCCCCP(=O)(OC(C)C)OC(C)C. The van der Waals surface area contributed by atoms with E-state index in [1.807, 2.05) is 27.7 Å². The zero-order valence-corrected chi connectivity index (χ0v) is 11.5. The Hall–Kier alpha value is 0.150. The van der Waals surface area contributed by atoms with Crippen LogP contribution in [0.4, 0.5) is 0 Å². The molecule has 0 bridgehead atoms. The number of hydrogen-bond acceptors (Lipinski definition) is 3. The van der Waals surface area contributed by atoms with E-state index in [1.165, 1.54) is 0 Å². The van der Waals surface area contributed by atoms with Gasteiger partial charge in [-0.15, -0.1) is 0 Å². The number of rotatable bonds is 8. The fraction of sp³-hybridized carbons (Fsp3) is 1.00. The second kappa shape index (κ2) is 7.43. The van der Waals surface area contributed by atoms with Crippen LogP contribution in [0.1, 0.15) is 53.9 Å². The minimum Gasteiger partial charge on any atom is -0.306 e. The van der Waals surface area contributed by atoms with Crippen LogP contribution in [0.5, 0.6) is 0 Å². The molecule has 0 saturated heterocycles. The lowest BCUT2D eigenvalue weighted by atomic mass is 10.3. The van der Waals surface area contributed by atoms with Crippen LogP contribution in [-0.4, -0.2) is 18.4 Å². The van der Waals surface area contributed by atoms with E-state index in [0.717, 1.165) is 19.3 Å². The Bertz CT molecular complexity index is 188. The summed E-state index contributed by atoms with van der Waals surface area (Å²) >= 11 is 0. The van der Waals surface area contributed by atoms with E-state index in [-0.39, 0.29) is 12.2 Å². The highest BCUT2D eigenvalue weighted by atomic mass is 31.2. The zero-order valence-electron chi connectivity index (χ0n) is 10.7. The van der Waals surface area contributed by atoms with Crippen molar-refractivity contribution < 1.29 is 13.6 Å². The monoisotopic (exact) mass is 236 g/mol. The zero-order chi connectivity index (χ0) is 11.9. The van der Waals surface area contributed by atoms with E-state index >= 15 is 0 Å². The summed E-state index contributed by atoms with van der Waals surface area (Å²) in [5.41, 5.74) is 0. The van der Waals surface area contributed by atoms with Crippen LogP contribution >= 0.6 is 7.60 Å². The third kappa shape index (κ3) is 8.01. The first-order valence-electron chi connectivity index (χ1n) is 5.85. The van der Waals surface area contributed by atoms with Gasteiger partial charge in [0.1, 0.15) is 0 Å². The molecule has 0 atom stereocenters. The summed E-state index contributed by atoms with van der Waals surface area (Å²) in [7, 11) is -2.86. The first-order valence-corrected chi connectivity index (χ1v) is 7.58. The third-order valence-electron chi connectivity index (χ3n) is 1.78. The van der Waals surface area contributed by atoms with Crippen LogP contribution in [-0.2, 0) is 13.6 Å². The molecule has 0 rings (SSSR count). The van der Waals surface area contributed by atoms with Crippen molar-refractivity contribution in [3.05, 3.63) is 0 Å². The van der Waals surface area contributed by atoms with Gasteiger partial charge in [0.2, 0.25) is 0 Å². The van der Waals surface area contributed by atoms with Gasteiger partial charge in [-0.2, -0.15) is 0 Å². The van der Waals surface area contributed by atoms with Gasteiger partial charge in [-0.25, -0.2) is 0 Å². The van der Waals surface area contributed by atoms with Gasteiger partial charge >= 0.3 is 7.60 Å². The van der Waals surface area contributed by atoms with Gasteiger partial charge in [0.25, 0.3) is 0 Å². The maximum absolute atomic E-state index is 12.3. The summed E-state index contributed by atoms with van der Waals surface area (Å²) in [6, 6.07) is 0. The van der Waals surface area contributed by atoms with Gasteiger partial charge in [0.05, 0.1) is 18.4 Å². The van der Waals surface area contributed by atoms with Gasteiger partial charge in [-0.3, -0.25) is 4.57 Å². The summed E-state index contributed by atoms with van der Waals surface area (Å²) in [5, 5.41) is 0. The lowest BCUT2D eigenvalue weighted by molar-refractivity contribution is 0.142. The molecule has 4 heteroatoms. The molecule has 0 amide bonds. The summed E-state index contributed by atoms with van der Waals surface area (Å²) in [6.07, 6.45) is 3.55. The minimum atomic E-state index is -2.86. The van der Waals surface area contributed by atoms with Crippen molar-refractivity contribution in [1.29, 1.82) is 0 Å². The topological polar surface area (TPSA) is 35.5 Å². The van der Waals surface area contributed by atoms with E-state index in [4.69, 9.17) is 9.05 Å². The Labute approximate surface area is 94.1 Å². The molecule has 3 nitrogen and oxygen atoms in total. The maximum Gasteiger partial charge on any atom is 0.331 e. The first kappa shape index (κ1) is 15.2. The molecule has 0 aliphatic rings. The molecule has 0 aromatic rings. The predicted octanol–water partition coefficient (Wildman–Crippen LogP) is 4.22. The molecule has 0 unspecified atom stereocenters. The Morgan fingerprint density at radius 1 is 1.00 bits per heavy atom. The lowest BCUT2D eigenvalue weighted by Crippen LogP contribution is -2.10. The van der Waals surface area contributed by atoms with Crippen LogP contribution in [0.25, 0.3) is 0 Å². The number of hydrogen-bond donors (Lipinski definition) is 0. The predicted molar refractivity (Wildman–Crippen MR) is 64.4 cm³/mol. The molecule has 0 aliphatic carbocycles. The van der Waals surface area contributed by atoms with E-state index < -0.39 is 7.60 Å². The summed E-state index contributed by atoms with van der Waals surface area (Å²) in [5.74, 6) is 0. The average molecular weight is 236 g/mol. The fourth-order valence-electron chi connectivity index (χ4n) is 1.33. The lowest BCUT2D eigenvalue weighted by Gasteiger charge is -2.22. The molecule has 0 saturated carbocycles. The summed E-state index contributed by atoms with van der Waals surface area (Å²) in [6.45, 7) is 9.66. The Morgan fingerprint density at radius 2 is 1.47 bits per heavy atom. The summed E-state index contributed by atoms with van der Waals surface area (Å²) in [4.78, 5) is 0. The van der Waals surface area contributed by atoms with Gasteiger partial charge in [0.15, 0.2) is 0 Å². The highest BCUT2D eigenvalue weighted by molar-refractivity contribution is 7.53. The van der Waals surface area contributed by atoms with Gasteiger partial charge in [-0.1, -0.05) is 19.8 Å². The van der Waals surface area contributed by atoms with Crippen molar-refractivity contribution >= 4 is 7.60 Å². The highest BCUT2D eigenvalue weighted by Crippen LogP contribution is 2.51. The number of unbranched alkanes of at least 4 members (excludes halogenated alkanes) is 2. The van der Waals surface area contributed by atoms with Crippen molar-refractivity contribution in [2.75, 3.05) is 6.16 Å². The smallest absolute Gasteiger partial charge is 0.306 e. The van der Waals surface area contributed by atoms with E-state index in [0.29, 0.717) is 6.16 Å². The molecule has 0 heterocycles. The average Bonchev–Trinajstić information content (AvgIpc) is 2.00. The van der Waals surface area contributed by atoms with Gasteiger partial charge < -0.3 is 9.05 Å². The second-order valence-corrected chi connectivity index (χ2v) is 6.44. The molecule has 0 aromatic heterocycles. The van der Waals surface area contributed by atoms with E-state index in [1.54, 1.807) is 0 Å². The fourth-order valence-corrected chi connectivity index (χ4v) is 3.48. The van der Waals surface area contributed by atoms with Crippen molar-refractivity contribution in [3.8, 4) is 0 Å². The molecule has 0 aromatic carbocycles. The highest BCUT2D eigenvalue weighted by Gasteiger charge is 2.26. The van der Waals surface area contributed by atoms with Crippen LogP contribution in [0.3, 0.4) is 0 Å². The maximum atomic E-state index is 12.3. The third-order valence-corrected chi connectivity index (χ3v) is 4.13. The Morgan fingerprint density at radius 3 is 1.80 bits per heavy atom. The molecule has 0 radical (unpaired) electrons. The molecule has 0 fully saturated rings. The Kier molecular flexibility index (Phi) is 7.50. The molecular weight excluding hydrogens is 211 g/mol. The second-order valence-electron chi connectivity index (χ2n) is 4.35. The largest absolute Gasteiger partial charge is 0.331 e. The van der Waals surface area contributed by atoms with Crippen molar-refractivity contribution in [3.63, 3.8) is 0 Å². The van der Waals surface area contributed by atoms with Crippen molar-refractivity contribution in [2.24, 2.45) is 0 Å². The van der Waals surface area contributed by atoms with E-state index in [2.05, 4.69) is 6.92 Å². The van der Waals surface area contributed by atoms with Gasteiger partial charge in [-0.05, 0) is 34.1 Å². The summed E-state index contributed by atoms with van der Waals surface area (Å²) < 4.78 is 23.1. The van der Waals surface area contributed by atoms with Crippen LogP contribution in [0.15, 0.2) is 0 Å². The molecule has 0 aliphatic heterocycles.